The summed E-state index contributed by atoms with van der Waals surface area (Å²) in [4.78, 5) is 33.3. The van der Waals surface area contributed by atoms with E-state index >= 15 is 0 Å². The molecular weight excluding hydrogens is 214 g/mol. The Morgan fingerprint density at radius 2 is 2.06 bits per heavy atom. The zero-order valence-corrected chi connectivity index (χ0v) is 8.81. The molecule has 0 aromatic carbocycles. The number of aliphatic carboxylic acids is 1. The minimum Gasteiger partial charge on any atom is -0.480 e. The second-order valence-corrected chi connectivity index (χ2v) is 3.08. The van der Waals surface area contributed by atoms with Crippen molar-refractivity contribution in [2.24, 2.45) is 5.73 Å². The molecule has 0 heterocycles. The van der Waals surface area contributed by atoms with Gasteiger partial charge in [-0.15, -0.1) is 6.58 Å². The first kappa shape index (κ1) is 14.1. The summed E-state index contributed by atoms with van der Waals surface area (Å²) in [6.45, 7) is 3.87. The molecule has 0 aromatic rings. The largest absolute Gasteiger partial charge is 0.480 e. The maximum absolute atomic E-state index is 11.0. The molecule has 0 rings (SSSR count). The first-order valence-corrected chi connectivity index (χ1v) is 4.60. The summed E-state index contributed by atoms with van der Waals surface area (Å²) >= 11 is 0. The summed E-state index contributed by atoms with van der Waals surface area (Å²) in [5.74, 6) is -1.52. The van der Waals surface area contributed by atoms with E-state index in [1.807, 2.05) is 5.32 Å². The van der Waals surface area contributed by atoms with Gasteiger partial charge in [0.05, 0.1) is 6.54 Å². The Morgan fingerprint density at radius 1 is 1.44 bits per heavy atom. The Labute approximate surface area is 92.9 Å². The smallest absolute Gasteiger partial charge is 0.318 e. The predicted octanol–water partition coefficient (Wildman–Crippen LogP) is -0.856. The number of carbonyl (C=O) groups is 3. The number of nitrogens with zero attached hydrogens (tertiary/aromatic N) is 1. The van der Waals surface area contributed by atoms with Gasteiger partial charge in [0.15, 0.2) is 0 Å². The van der Waals surface area contributed by atoms with Gasteiger partial charge in [0, 0.05) is 19.5 Å². The molecule has 0 fully saturated rings. The fourth-order valence-electron chi connectivity index (χ4n) is 1.07. The standard InChI is InChI=1S/C9H15N3O4/c1-2-4-12(6-8(14)15)5-3-7(13)11-9(10)16/h2H,1,3-6H2,(H,14,15)(H3,10,11,13,16). The van der Waals surface area contributed by atoms with Crippen LogP contribution in [-0.4, -0.2) is 47.5 Å². The van der Waals surface area contributed by atoms with Crippen molar-refractivity contribution in [1.29, 1.82) is 0 Å². The van der Waals surface area contributed by atoms with E-state index in [1.165, 1.54) is 11.0 Å². The zero-order valence-electron chi connectivity index (χ0n) is 8.81. The van der Waals surface area contributed by atoms with Crippen LogP contribution in [0.4, 0.5) is 4.79 Å². The van der Waals surface area contributed by atoms with Crippen molar-refractivity contribution in [1.82, 2.24) is 10.2 Å². The van der Waals surface area contributed by atoms with Crippen molar-refractivity contribution in [3.63, 3.8) is 0 Å². The predicted molar refractivity (Wildman–Crippen MR) is 56.6 cm³/mol. The summed E-state index contributed by atoms with van der Waals surface area (Å²) in [7, 11) is 0. The Kier molecular flexibility index (Phi) is 6.53. The van der Waals surface area contributed by atoms with Crippen molar-refractivity contribution >= 4 is 17.9 Å². The highest BCUT2D eigenvalue weighted by molar-refractivity contribution is 5.93. The molecule has 0 spiro atoms. The maximum Gasteiger partial charge on any atom is 0.318 e. The number of urea groups is 1. The lowest BCUT2D eigenvalue weighted by atomic mass is 10.3. The van der Waals surface area contributed by atoms with Crippen LogP contribution in [0, 0.1) is 0 Å². The van der Waals surface area contributed by atoms with E-state index in [-0.39, 0.29) is 19.5 Å². The van der Waals surface area contributed by atoms with Crippen LogP contribution in [0.15, 0.2) is 12.7 Å². The van der Waals surface area contributed by atoms with E-state index in [1.54, 1.807) is 0 Å². The molecule has 16 heavy (non-hydrogen) atoms. The number of hydrogen-bond donors (Lipinski definition) is 3. The van der Waals surface area contributed by atoms with Crippen LogP contribution >= 0.6 is 0 Å². The molecule has 0 radical (unpaired) electrons. The monoisotopic (exact) mass is 229 g/mol. The highest BCUT2D eigenvalue weighted by Crippen LogP contribution is 1.92. The summed E-state index contributed by atoms with van der Waals surface area (Å²) < 4.78 is 0. The molecule has 0 bridgehead atoms. The summed E-state index contributed by atoms with van der Waals surface area (Å²) in [6, 6.07) is -0.918. The van der Waals surface area contributed by atoms with Gasteiger partial charge in [-0.25, -0.2) is 4.79 Å². The third-order valence-electron chi connectivity index (χ3n) is 1.66. The number of carbonyl (C=O) groups excluding carboxylic acids is 2. The number of carboxylic acids is 1. The minimum absolute atomic E-state index is 0.00403. The lowest BCUT2D eigenvalue weighted by Gasteiger charge is -2.17. The number of imide groups is 1. The number of carboxylic acid groups (broad SMARTS) is 1. The summed E-state index contributed by atoms with van der Waals surface area (Å²) in [6.07, 6.45) is 1.54. The first-order chi connectivity index (χ1) is 7.45. The van der Waals surface area contributed by atoms with E-state index in [0.717, 1.165) is 0 Å². The number of amides is 3. The molecule has 0 saturated heterocycles. The van der Waals surface area contributed by atoms with E-state index in [0.29, 0.717) is 6.54 Å². The third-order valence-corrected chi connectivity index (χ3v) is 1.66. The minimum atomic E-state index is -0.989. The van der Waals surface area contributed by atoms with E-state index in [2.05, 4.69) is 6.58 Å². The molecule has 0 aromatic heterocycles. The van der Waals surface area contributed by atoms with Crippen LogP contribution in [-0.2, 0) is 9.59 Å². The Hall–Kier alpha value is -1.89. The highest BCUT2D eigenvalue weighted by atomic mass is 16.4. The van der Waals surface area contributed by atoms with Gasteiger partial charge in [0.1, 0.15) is 0 Å². The van der Waals surface area contributed by atoms with Gasteiger partial charge in [-0.2, -0.15) is 0 Å². The van der Waals surface area contributed by atoms with E-state index < -0.39 is 17.9 Å². The van der Waals surface area contributed by atoms with Gasteiger partial charge in [-0.05, 0) is 0 Å². The number of hydrogen-bond acceptors (Lipinski definition) is 4. The van der Waals surface area contributed by atoms with Gasteiger partial charge >= 0.3 is 12.0 Å². The molecule has 3 amide bonds. The van der Waals surface area contributed by atoms with Gasteiger partial charge in [-0.3, -0.25) is 19.8 Å². The molecule has 7 nitrogen and oxygen atoms in total. The fraction of sp³-hybridized carbons (Fsp3) is 0.444. The molecular formula is C9H15N3O4. The molecule has 4 N–H and O–H groups in total. The average molecular weight is 229 g/mol. The molecule has 0 atom stereocenters. The van der Waals surface area contributed by atoms with Crippen LogP contribution in [0.5, 0.6) is 0 Å². The Morgan fingerprint density at radius 3 is 2.50 bits per heavy atom. The van der Waals surface area contributed by atoms with Crippen molar-refractivity contribution in [2.45, 2.75) is 6.42 Å². The zero-order chi connectivity index (χ0) is 12.6. The van der Waals surface area contributed by atoms with E-state index in [9.17, 15) is 14.4 Å². The molecule has 0 unspecified atom stereocenters. The summed E-state index contributed by atoms with van der Waals surface area (Å²) in [5, 5.41) is 10.5. The topological polar surface area (TPSA) is 113 Å². The van der Waals surface area contributed by atoms with Crippen LogP contribution in [0.25, 0.3) is 0 Å². The molecule has 0 saturated carbocycles. The molecule has 0 aliphatic heterocycles. The Balaban J connectivity index is 4.00. The maximum atomic E-state index is 11.0. The lowest BCUT2D eigenvalue weighted by Crippen LogP contribution is -2.38. The quantitative estimate of drug-likeness (QED) is 0.492. The fourth-order valence-corrected chi connectivity index (χ4v) is 1.07. The van der Waals surface area contributed by atoms with Crippen LogP contribution in [0.2, 0.25) is 0 Å². The van der Waals surface area contributed by atoms with E-state index in [4.69, 9.17) is 10.8 Å². The van der Waals surface area contributed by atoms with Crippen molar-refractivity contribution in [3.05, 3.63) is 12.7 Å². The van der Waals surface area contributed by atoms with Crippen LogP contribution < -0.4 is 11.1 Å². The average Bonchev–Trinajstić information content (AvgIpc) is 2.12. The van der Waals surface area contributed by atoms with Crippen LogP contribution in [0.3, 0.4) is 0 Å². The van der Waals surface area contributed by atoms with Crippen molar-refractivity contribution in [2.75, 3.05) is 19.6 Å². The lowest BCUT2D eigenvalue weighted by molar-refractivity contribution is -0.138. The SMILES string of the molecule is C=CCN(CCC(=O)NC(N)=O)CC(=O)O. The number of primary amides is 1. The summed E-state index contributed by atoms with van der Waals surface area (Å²) in [5.41, 5.74) is 4.74. The number of rotatable bonds is 7. The van der Waals surface area contributed by atoms with Gasteiger partial charge in [0.2, 0.25) is 5.91 Å². The number of nitrogens with two attached hydrogens (primary N) is 1. The van der Waals surface area contributed by atoms with Gasteiger partial charge in [-0.1, -0.05) is 6.08 Å². The van der Waals surface area contributed by atoms with Gasteiger partial charge < -0.3 is 10.8 Å². The second kappa shape index (κ2) is 7.41. The molecule has 90 valence electrons. The van der Waals surface area contributed by atoms with Crippen molar-refractivity contribution in [3.8, 4) is 0 Å². The first-order valence-electron chi connectivity index (χ1n) is 4.60. The highest BCUT2D eigenvalue weighted by Gasteiger charge is 2.11. The molecule has 7 heteroatoms. The van der Waals surface area contributed by atoms with Crippen molar-refractivity contribution < 1.29 is 19.5 Å². The normalized spacial score (nSPS) is 9.81. The van der Waals surface area contributed by atoms with Crippen LogP contribution in [0.1, 0.15) is 6.42 Å². The van der Waals surface area contributed by atoms with Gasteiger partial charge in [0.25, 0.3) is 0 Å². The molecule has 0 aliphatic carbocycles. The molecule has 0 aliphatic rings. The second-order valence-electron chi connectivity index (χ2n) is 3.08. The number of nitrogens with one attached hydrogen (secondary N) is 1. The third kappa shape index (κ3) is 7.51. The Bertz CT molecular complexity index is 290.